The quantitative estimate of drug-likeness (QED) is 0.0661. The van der Waals surface area contributed by atoms with Gasteiger partial charge >= 0.3 is 17.6 Å². The molecule has 3 aliphatic heterocycles. The number of rotatable bonds is 11. The van der Waals surface area contributed by atoms with Gasteiger partial charge in [-0.3, -0.25) is 19.1 Å². The zero-order chi connectivity index (χ0) is 33.6. The van der Waals surface area contributed by atoms with E-state index in [1.54, 1.807) is 10.8 Å². The number of fused-ring (bicyclic) bond motifs is 2. The van der Waals surface area contributed by atoms with Gasteiger partial charge in [0.1, 0.15) is 33.5 Å². The average Bonchev–Trinajstić information content (AvgIpc) is 3.75. The van der Waals surface area contributed by atoms with Gasteiger partial charge in [0, 0.05) is 17.9 Å². The summed E-state index contributed by atoms with van der Waals surface area (Å²) in [5.41, 5.74) is 12.8. The van der Waals surface area contributed by atoms with Crippen LogP contribution in [-0.2, 0) is 37.1 Å². The number of carbonyl (C=O) groups is 4. The Morgan fingerprint density at radius 1 is 1.36 bits per heavy atom. The minimum absolute atomic E-state index is 0.0101. The second-order valence-corrected chi connectivity index (χ2v) is 13.8. The normalized spacial score (nSPS) is 21.8. The molecule has 20 heteroatoms. The first kappa shape index (κ1) is 32.5. The number of carboxylic acids is 2. The molecule has 0 spiro atoms. The highest BCUT2D eigenvalue weighted by atomic mass is 35.5. The maximum Gasteiger partial charge on any atom is 0.351 e. The molecular weight excluding hydrogens is 676 g/mol. The molecule has 4 atom stereocenters. The van der Waals surface area contributed by atoms with Crippen molar-refractivity contribution in [1.82, 2.24) is 30.1 Å². The van der Waals surface area contributed by atoms with Crippen molar-refractivity contribution in [2.75, 3.05) is 30.3 Å². The van der Waals surface area contributed by atoms with Gasteiger partial charge in [-0.1, -0.05) is 28.1 Å². The summed E-state index contributed by atoms with van der Waals surface area (Å²) < 4.78 is 3.72. The Morgan fingerprint density at radius 3 is 2.81 bits per heavy atom. The van der Waals surface area contributed by atoms with Crippen LogP contribution in [0.15, 0.2) is 34.8 Å². The van der Waals surface area contributed by atoms with E-state index in [0.29, 0.717) is 29.6 Å². The number of hydrogen-bond donors (Lipinski definition) is 5. The summed E-state index contributed by atoms with van der Waals surface area (Å²) in [6.07, 6.45) is 1.37. The van der Waals surface area contributed by atoms with Gasteiger partial charge in [0.15, 0.2) is 10.8 Å². The number of β-lactam (4-membered cyclic amide) rings is 1. The van der Waals surface area contributed by atoms with Crippen LogP contribution in [0.2, 0.25) is 4.34 Å². The van der Waals surface area contributed by atoms with E-state index in [2.05, 4.69) is 25.8 Å². The van der Waals surface area contributed by atoms with E-state index < -0.39 is 47.0 Å². The fraction of sp³-hybridized carbons (Fsp3) is 0.407. The number of anilines is 2. The van der Waals surface area contributed by atoms with Crippen molar-refractivity contribution >= 4 is 86.4 Å². The summed E-state index contributed by atoms with van der Waals surface area (Å²) in [5, 5.41) is 30.3. The van der Waals surface area contributed by atoms with Crippen LogP contribution in [0.4, 0.5) is 11.1 Å². The van der Waals surface area contributed by atoms with Gasteiger partial charge in [0.25, 0.3) is 11.8 Å². The van der Waals surface area contributed by atoms with E-state index in [9.17, 15) is 24.3 Å². The molecule has 0 saturated carbocycles. The number of imidazole rings is 1. The molecule has 2 unspecified atom stereocenters. The smallest absolute Gasteiger partial charge is 0.351 e. The summed E-state index contributed by atoms with van der Waals surface area (Å²) in [6.45, 7) is 3.82. The van der Waals surface area contributed by atoms with Crippen LogP contribution in [0.1, 0.15) is 19.0 Å². The number of pyridine rings is 1. The fourth-order valence-corrected chi connectivity index (χ4v) is 7.91. The maximum absolute atomic E-state index is 13.4. The fourth-order valence-electron chi connectivity index (χ4n) is 5.64. The standard InChI is InChI=1S/C27H29ClN10O7S2/c1-11(24(41)42)45-35-16(15-19(28)47-27(30)33-15)21(39)32-17-22(40)38-18(25(43)44)13(10-46-23(17)38)9-36-6-2-3-14-20(36)34-26(29)37(14)8-12-4-5-31-7-12/h2-3,6,11-12,17,23,29,31H,4-5,7-10H2,1H3,(H5,30,32,33,39,41,42,43,44)/b35-16-/t11-,12?,17?,23+/m0/s1. The number of nitrogens with zero attached hydrogens (tertiary/aromatic N) is 6. The highest BCUT2D eigenvalue weighted by molar-refractivity contribution is 8.00. The van der Waals surface area contributed by atoms with Gasteiger partial charge in [0.05, 0.1) is 17.9 Å². The molecule has 3 aromatic heterocycles. The molecule has 2 saturated heterocycles. The molecule has 17 nitrogen and oxygen atoms in total. The molecule has 6 heterocycles. The van der Waals surface area contributed by atoms with Gasteiger partial charge in [-0.2, -0.15) is 0 Å². The molecule has 7 N–H and O–H groups in total. The van der Waals surface area contributed by atoms with Crippen molar-refractivity contribution in [3.8, 4) is 0 Å². The SMILES string of the molecule is C[C@H](O/N=C(\C(=O)NC1C(=O)N2C(C(=O)[O-])=C(C[n+]3cccc4c3nc(N)n4CC3CCNC3)CS[C@H]12)c1nc(N)sc1Cl)C(=O)O. The number of halogens is 1. The highest BCUT2D eigenvalue weighted by Crippen LogP contribution is 2.40. The van der Waals surface area contributed by atoms with Gasteiger partial charge in [0.2, 0.25) is 6.10 Å². The lowest BCUT2D eigenvalue weighted by Crippen LogP contribution is -2.71. The summed E-state index contributed by atoms with van der Waals surface area (Å²) in [5.74, 6) is -3.58. The average molecular weight is 705 g/mol. The summed E-state index contributed by atoms with van der Waals surface area (Å²) in [4.78, 5) is 64.9. The molecule has 2 fully saturated rings. The van der Waals surface area contributed by atoms with Gasteiger partial charge in [-0.05, 0) is 49.5 Å². The van der Waals surface area contributed by atoms with Gasteiger partial charge < -0.3 is 41.9 Å². The molecule has 47 heavy (non-hydrogen) atoms. The van der Waals surface area contributed by atoms with Gasteiger partial charge in [-0.25, -0.2) is 14.3 Å². The largest absolute Gasteiger partial charge is 0.543 e. The molecule has 0 aliphatic carbocycles. The van der Waals surface area contributed by atoms with Crippen molar-refractivity contribution in [3.05, 3.63) is 39.6 Å². The highest BCUT2D eigenvalue weighted by Gasteiger charge is 2.53. The zero-order valence-electron chi connectivity index (χ0n) is 24.7. The van der Waals surface area contributed by atoms with Crippen molar-refractivity contribution in [1.29, 1.82) is 0 Å². The lowest BCUT2D eigenvalue weighted by molar-refractivity contribution is -0.664. The summed E-state index contributed by atoms with van der Waals surface area (Å²) in [7, 11) is 0. The third-order valence-electron chi connectivity index (χ3n) is 7.99. The molecule has 2 amide bonds. The third kappa shape index (κ3) is 6.18. The topological polar surface area (TPSA) is 247 Å². The minimum atomic E-state index is -1.54. The minimum Gasteiger partial charge on any atom is -0.543 e. The number of aromatic nitrogens is 4. The third-order valence-corrected chi connectivity index (χ3v) is 10.4. The van der Waals surface area contributed by atoms with Crippen molar-refractivity contribution in [2.45, 2.75) is 44.0 Å². The zero-order valence-corrected chi connectivity index (χ0v) is 27.1. The Kier molecular flexibility index (Phi) is 8.97. The van der Waals surface area contributed by atoms with E-state index in [4.69, 9.17) is 33.0 Å². The van der Waals surface area contributed by atoms with E-state index >= 15 is 0 Å². The second kappa shape index (κ2) is 13.0. The number of aliphatic carboxylic acids is 2. The number of carbonyl (C=O) groups excluding carboxylic acids is 3. The number of nitrogens with one attached hydrogen (secondary N) is 2. The second-order valence-electron chi connectivity index (χ2n) is 11.1. The Hall–Kier alpha value is -4.46. The molecule has 248 valence electrons. The number of nitrogen functional groups attached to an aromatic ring is 2. The lowest BCUT2D eigenvalue weighted by Gasteiger charge is -2.50. The van der Waals surface area contributed by atoms with Crippen LogP contribution in [0.3, 0.4) is 0 Å². The number of hydrogen-bond acceptors (Lipinski definition) is 14. The molecule has 0 bridgehead atoms. The Balaban J connectivity index is 1.23. The van der Waals surface area contributed by atoms with Crippen molar-refractivity contribution in [2.24, 2.45) is 11.1 Å². The predicted molar refractivity (Wildman–Crippen MR) is 169 cm³/mol. The number of nitrogens with two attached hydrogens (primary N) is 2. The van der Waals surface area contributed by atoms with E-state index in [0.717, 1.165) is 41.3 Å². The number of carboxylic acid groups (broad SMARTS) is 2. The molecule has 3 aromatic rings. The Morgan fingerprint density at radius 2 is 2.15 bits per heavy atom. The molecule has 6 rings (SSSR count). The van der Waals surface area contributed by atoms with Crippen LogP contribution >= 0.6 is 34.7 Å². The lowest BCUT2D eigenvalue weighted by atomic mass is 10.0. The van der Waals surface area contributed by atoms with Crippen molar-refractivity contribution in [3.63, 3.8) is 0 Å². The number of oxime groups is 1. The van der Waals surface area contributed by atoms with Crippen LogP contribution in [-0.4, -0.2) is 90.4 Å². The van der Waals surface area contributed by atoms with Crippen LogP contribution in [0.5, 0.6) is 0 Å². The number of amides is 2. The first-order chi connectivity index (χ1) is 22.4. The maximum atomic E-state index is 13.4. The van der Waals surface area contributed by atoms with E-state index in [-0.39, 0.29) is 33.2 Å². The first-order valence-corrected chi connectivity index (χ1v) is 16.6. The van der Waals surface area contributed by atoms with Gasteiger partial charge in [-0.15, -0.1) is 11.8 Å². The molecule has 0 radical (unpaired) electrons. The summed E-state index contributed by atoms with van der Waals surface area (Å²) >= 11 is 8.28. The molecule has 3 aliphatic rings. The Labute approximate surface area is 279 Å². The van der Waals surface area contributed by atoms with Crippen LogP contribution < -0.4 is 31.8 Å². The van der Waals surface area contributed by atoms with Crippen LogP contribution in [0.25, 0.3) is 11.2 Å². The number of thiazole rings is 1. The van der Waals surface area contributed by atoms with E-state index in [1.165, 1.54) is 18.7 Å². The molecular formula is C27H29ClN10O7S2. The Bertz CT molecular complexity index is 1850. The predicted octanol–water partition coefficient (Wildman–Crippen LogP) is -1.49. The van der Waals surface area contributed by atoms with E-state index in [1.807, 2.05) is 16.7 Å². The first-order valence-electron chi connectivity index (χ1n) is 14.4. The summed E-state index contributed by atoms with van der Waals surface area (Å²) in [6, 6.07) is 2.58. The molecule has 0 aromatic carbocycles. The van der Waals surface area contributed by atoms with Crippen LogP contribution in [0, 0.1) is 5.92 Å². The monoisotopic (exact) mass is 704 g/mol. The van der Waals surface area contributed by atoms with Crippen molar-refractivity contribution < 1.29 is 38.8 Å². The number of thioether (sulfide) groups is 1.